The molecule has 0 bridgehead atoms. The van der Waals surface area contributed by atoms with E-state index < -0.39 is 11.9 Å². The zero-order chi connectivity index (χ0) is 10.7. The maximum atomic E-state index is 13.3. The molecule has 0 aromatic heterocycles. The Morgan fingerprint density at radius 1 is 1.50 bits per heavy atom. The number of rotatable bonds is 3. The lowest BCUT2D eigenvalue weighted by Gasteiger charge is -2.13. The van der Waals surface area contributed by atoms with Crippen LogP contribution in [0.25, 0.3) is 0 Å². The third-order valence-corrected chi connectivity index (χ3v) is 3.21. The summed E-state index contributed by atoms with van der Waals surface area (Å²) in [6.07, 6.45) is -0.969. The highest BCUT2D eigenvalue weighted by Crippen LogP contribution is 2.33. The third-order valence-electron chi connectivity index (χ3n) is 1.82. The van der Waals surface area contributed by atoms with E-state index in [1.165, 1.54) is 12.1 Å². The first-order chi connectivity index (χ1) is 6.57. The molecule has 0 saturated carbocycles. The molecule has 0 spiro atoms. The summed E-state index contributed by atoms with van der Waals surface area (Å²) < 4.78 is 13.6. The predicted octanol–water partition coefficient (Wildman–Crippen LogP) is 2.66. The topological polar surface area (TPSA) is 40.5 Å². The maximum absolute atomic E-state index is 13.3. The van der Waals surface area contributed by atoms with Crippen LogP contribution in [-0.4, -0.2) is 16.8 Å². The van der Waals surface area contributed by atoms with Gasteiger partial charge in [-0.15, -0.1) is 0 Å². The molecule has 78 valence electrons. The lowest BCUT2D eigenvalue weighted by atomic mass is 10.1. The van der Waals surface area contributed by atoms with Crippen molar-refractivity contribution in [2.24, 2.45) is 0 Å². The molecule has 0 radical (unpaired) electrons. The molecule has 0 saturated heterocycles. The standard InChI is InChI=1S/C9H9BrClFO2/c10-9-5(11)1-2-6(12)8(9)7(14)3-4-13/h1-2,7,13-14H,3-4H2. The van der Waals surface area contributed by atoms with Crippen LogP contribution in [0.4, 0.5) is 4.39 Å². The molecule has 1 unspecified atom stereocenters. The van der Waals surface area contributed by atoms with Gasteiger partial charge in [-0.3, -0.25) is 0 Å². The molecule has 1 rings (SSSR count). The zero-order valence-corrected chi connectivity index (χ0v) is 9.52. The molecule has 14 heavy (non-hydrogen) atoms. The molecule has 5 heteroatoms. The maximum Gasteiger partial charge on any atom is 0.130 e. The Labute approximate surface area is 94.5 Å². The minimum absolute atomic E-state index is 0.0792. The van der Waals surface area contributed by atoms with Crippen molar-refractivity contribution < 1.29 is 14.6 Å². The largest absolute Gasteiger partial charge is 0.396 e. The summed E-state index contributed by atoms with van der Waals surface area (Å²) in [5.74, 6) is -0.540. The van der Waals surface area contributed by atoms with E-state index >= 15 is 0 Å². The number of benzene rings is 1. The Hall–Kier alpha value is -0.160. The van der Waals surface area contributed by atoms with Gasteiger partial charge in [0.1, 0.15) is 5.82 Å². The van der Waals surface area contributed by atoms with E-state index in [1.807, 2.05) is 0 Å². The average Bonchev–Trinajstić information content (AvgIpc) is 2.13. The fraction of sp³-hybridized carbons (Fsp3) is 0.333. The van der Waals surface area contributed by atoms with Gasteiger partial charge in [-0.2, -0.15) is 0 Å². The minimum Gasteiger partial charge on any atom is -0.396 e. The molecule has 2 N–H and O–H groups in total. The summed E-state index contributed by atoms with van der Waals surface area (Å²) in [5.41, 5.74) is 0.0894. The van der Waals surface area contributed by atoms with Crippen LogP contribution in [0.1, 0.15) is 18.1 Å². The molecule has 0 aliphatic carbocycles. The van der Waals surface area contributed by atoms with Gasteiger partial charge in [0.2, 0.25) is 0 Å². The van der Waals surface area contributed by atoms with Crippen LogP contribution in [-0.2, 0) is 0 Å². The van der Waals surface area contributed by atoms with Gasteiger partial charge in [-0.1, -0.05) is 11.6 Å². The first-order valence-corrected chi connectivity index (χ1v) is 5.17. The summed E-state index contributed by atoms with van der Waals surface area (Å²) in [7, 11) is 0. The van der Waals surface area contributed by atoms with Crippen LogP contribution in [0.2, 0.25) is 5.02 Å². The molecule has 0 fully saturated rings. The van der Waals surface area contributed by atoms with E-state index in [2.05, 4.69) is 15.9 Å². The lowest BCUT2D eigenvalue weighted by molar-refractivity contribution is 0.130. The Morgan fingerprint density at radius 2 is 2.14 bits per heavy atom. The minimum atomic E-state index is -1.05. The molecular formula is C9H9BrClFO2. The van der Waals surface area contributed by atoms with Gasteiger partial charge in [0, 0.05) is 23.1 Å². The fourth-order valence-electron chi connectivity index (χ4n) is 1.11. The van der Waals surface area contributed by atoms with E-state index in [9.17, 15) is 9.50 Å². The van der Waals surface area contributed by atoms with Crippen molar-refractivity contribution in [2.75, 3.05) is 6.61 Å². The predicted molar refractivity (Wildman–Crippen MR) is 55.8 cm³/mol. The second-order valence-electron chi connectivity index (χ2n) is 2.78. The monoisotopic (exact) mass is 282 g/mol. The Morgan fingerprint density at radius 3 is 2.71 bits per heavy atom. The van der Waals surface area contributed by atoms with E-state index in [-0.39, 0.29) is 18.6 Å². The number of halogens is 3. The van der Waals surface area contributed by atoms with Crippen molar-refractivity contribution in [1.82, 2.24) is 0 Å². The van der Waals surface area contributed by atoms with Crippen molar-refractivity contribution in [3.8, 4) is 0 Å². The molecule has 1 atom stereocenters. The van der Waals surface area contributed by atoms with Crippen molar-refractivity contribution in [3.05, 3.63) is 33.0 Å². The van der Waals surface area contributed by atoms with Crippen LogP contribution < -0.4 is 0 Å². The van der Waals surface area contributed by atoms with Crippen LogP contribution in [0.15, 0.2) is 16.6 Å². The molecule has 0 aliphatic heterocycles. The van der Waals surface area contributed by atoms with Gasteiger partial charge in [0.15, 0.2) is 0 Å². The van der Waals surface area contributed by atoms with Gasteiger partial charge in [0.05, 0.1) is 11.1 Å². The summed E-state index contributed by atoms with van der Waals surface area (Å²) in [4.78, 5) is 0. The zero-order valence-electron chi connectivity index (χ0n) is 7.17. The highest BCUT2D eigenvalue weighted by molar-refractivity contribution is 9.10. The molecule has 0 aliphatic rings. The SMILES string of the molecule is OCCC(O)c1c(F)ccc(Cl)c1Br. The molecule has 0 heterocycles. The highest BCUT2D eigenvalue weighted by Gasteiger charge is 2.17. The van der Waals surface area contributed by atoms with E-state index in [0.717, 1.165) is 0 Å². The summed E-state index contributed by atoms with van der Waals surface area (Å²) in [6, 6.07) is 2.58. The van der Waals surface area contributed by atoms with Crippen LogP contribution >= 0.6 is 27.5 Å². The Balaban J connectivity index is 3.11. The number of hydrogen-bond donors (Lipinski definition) is 2. The van der Waals surface area contributed by atoms with Crippen LogP contribution in [0, 0.1) is 5.82 Å². The normalized spacial score (nSPS) is 12.9. The Bertz CT molecular complexity index is 333. The third kappa shape index (κ3) is 2.45. The van der Waals surface area contributed by atoms with Crippen LogP contribution in [0.5, 0.6) is 0 Å². The van der Waals surface area contributed by atoms with Crippen molar-refractivity contribution in [3.63, 3.8) is 0 Å². The highest BCUT2D eigenvalue weighted by atomic mass is 79.9. The quantitative estimate of drug-likeness (QED) is 0.837. The van der Waals surface area contributed by atoms with Crippen LogP contribution in [0.3, 0.4) is 0 Å². The molecular weight excluding hydrogens is 274 g/mol. The van der Waals surface area contributed by atoms with Gasteiger partial charge in [-0.05, 0) is 28.1 Å². The van der Waals surface area contributed by atoms with Crippen molar-refractivity contribution in [2.45, 2.75) is 12.5 Å². The van der Waals surface area contributed by atoms with Crippen molar-refractivity contribution >= 4 is 27.5 Å². The average molecular weight is 284 g/mol. The molecule has 0 amide bonds. The summed E-state index contributed by atoms with van der Waals surface area (Å²) >= 11 is 8.83. The van der Waals surface area contributed by atoms with E-state index in [1.54, 1.807) is 0 Å². The second kappa shape index (κ2) is 5.07. The summed E-state index contributed by atoms with van der Waals surface area (Å²) in [6.45, 7) is -0.209. The first kappa shape index (κ1) is 11.9. The van der Waals surface area contributed by atoms with Gasteiger partial charge >= 0.3 is 0 Å². The summed E-state index contributed by atoms with van der Waals surface area (Å²) in [5, 5.41) is 18.5. The number of hydrogen-bond acceptors (Lipinski definition) is 2. The number of aliphatic hydroxyl groups excluding tert-OH is 2. The smallest absolute Gasteiger partial charge is 0.130 e. The fourth-order valence-corrected chi connectivity index (χ4v) is 1.87. The Kier molecular flexibility index (Phi) is 4.31. The number of aliphatic hydroxyl groups is 2. The second-order valence-corrected chi connectivity index (χ2v) is 3.99. The lowest BCUT2D eigenvalue weighted by Crippen LogP contribution is -2.04. The van der Waals surface area contributed by atoms with Gasteiger partial charge < -0.3 is 10.2 Å². The van der Waals surface area contributed by atoms with Gasteiger partial charge in [0.25, 0.3) is 0 Å². The molecule has 1 aromatic carbocycles. The first-order valence-electron chi connectivity index (χ1n) is 4.00. The van der Waals surface area contributed by atoms with E-state index in [4.69, 9.17) is 16.7 Å². The van der Waals surface area contributed by atoms with Crippen molar-refractivity contribution in [1.29, 1.82) is 0 Å². The molecule has 1 aromatic rings. The van der Waals surface area contributed by atoms with E-state index in [0.29, 0.717) is 9.50 Å². The molecule has 2 nitrogen and oxygen atoms in total. The van der Waals surface area contributed by atoms with Gasteiger partial charge in [-0.25, -0.2) is 4.39 Å².